The van der Waals surface area contributed by atoms with Gasteiger partial charge < -0.3 is 19.5 Å². The molecule has 1 aromatic carbocycles. The Labute approximate surface area is 139 Å². The van der Waals surface area contributed by atoms with Crippen molar-refractivity contribution in [1.82, 2.24) is 0 Å². The molecule has 2 fully saturated rings. The highest BCUT2D eigenvalue weighted by Gasteiger charge is 2.41. The number of benzene rings is 1. The van der Waals surface area contributed by atoms with Crippen molar-refractivity contribution in [2.75, 3.05) is 27.2 Å². The van der Waals surface area contributed by atoms with Crippen LogP contribution in [0.2, 0.25) is 0 Å². The maximum Gasteiger partial charge on any atom is 0.132 e. The van der Waals surface area contributed by atoms with Crippen LogP contribution in [0.25, 0.3) is 0 Å². The molecule has 0 amide bonds. The average Bonchev–Trinajstić information content (AvgIpc) is 3.19. The smallest absolute Gasteiger partial charge is 0.132 e. The van der Waals surface area contributed by atoms with E-state index in [-0.39, 0.29) is 5.92 Å². The second-order valence-electron chi connectivity index (χ2n) is 7.49. The predicted molar refractivity (Wildman–Crippen MR) is 88.4 cm³/mol. The van der Waals surface area contributed by atoms with Gasteiger partial charge in [-0.25, -0.2) is 0 Å². The molecule has 0 aromatic heterocycles. The van der Waals surface area contributed by atoms with Gasteiger partial charge in [0.15, 0.2) is 0 Å². The number of likely N-dealkylation sites (tertiary alicyclic amines) is 1. The first kappa shape index (κ1) is 18.0. The van der Waals surface area contributed by atoms with Crippen molar-refractivity contribution in [3.63, 3.8) is 0 Å². The molecule has 2 aliphatic rings. The highest BCUT2D eigenvalue weighted by Crippen LogP contribution is 2.40. The highest BCUT2D eigenvalue weighted by atomic mass is 16.4. The minimum absolute atomic E-state index is 0.222. The van der Waals surface area contributed by atoms with Gasteiger partial charge in [0.1, 0.15) is 5.60 Å². The van der Waals surface area contributed by atoms with Crippen molar-refractivity contribution in [2.45, 2.75) is 44.1 Å². The Morgan fingerprint density at radius 2 is 1.61 bits per heavy atom. The summed E-state index contributed by atoms with van der Waals surface area (Å²) in [7, 11) is 4.60. The minimum Gasteiger partial charge on any atom is -0.547 e. The van der Waals surface area contributed by atoms with E-state index in [2.05, 4.69) is 14.1 Å². The van der Waals surface area contributed by atoms with Crippen LogP contribution in [-0.2, 0) is 10.4 Å². The normalized spacial score (nSPS) is 22.9. The zero-order valence-electron chi connectivity index (χ0n) is 14.3. The van der Waals surface area contributed by atoms with Gasteiger partial charge in [0.2, 0.25) is 0 Å². The summed E-state index contributed by atoms with van der Waals surface area (Å²) in [6, 6.07) is 8.56. The number of carbonyl (C=O) groups excluding carboxylic acids is 1. The fourth-order valence-electron chi connectivity index (χ4n) is 3.75. The first-order chi connectivity index (χ1) is 10.9. The Morgan fingerprint density at radius 1 is 1.09 bits per heavy atom. The van der Waals surface area contributed by atoms with Crippen LogP contribution in [-0.4, -0.2) is 42.7 Å². The maximum atomic E-state index is 11.2. The first-order valence-electron chi connectivity index (χ1n) is 8.67. The molecule has 0 bridgehead atoms. The number of hydrogen-bond donors (Lipinski definition) is 1. The quantitative estimate of drug-likeness (QED) is 0.862. The summed E-state index contributed by atoms with van der Waals surface area (Å²) < 4.78 is 1.25. The molecule has 1 aliphatic carbocycles. The number of rotatable bonds is 3. The number of hydrogen-bond acceptors (Lipinski definition) is 3. The van der Waals surface area contributed by atoms with Crippen molar-refractivity contribution >= 4 is 5.97 Å². The van der Waals surface area contributed by atoms with Gasteiger partial charge in [0, 0.05) is 12.8 Å². The van der Waals surface area contributed by atoms with Gasteiger partial charge in [-0.1, -0.05) is 43.2 Å². The molecule has 3 rings (SSSR count). The fraction of sp³-hybridized carbons (Fsp3) is 0.632. The fourth-order valence-corrected chi connectivity index (χ4v) is 3.75. The number of carbonyl (C=O) groups is 1. The first-order valence-corrected chi connectivity index (χ1v) is 8.67. The number of aliphatic carboxylic acids is 1. The number of carboxylic acids is 1. The van der Waals surface area contributed by atoms with E-state index in [4.69, 9.17) is 0 Å². The number of quaternary nitrogens is 1. The maximum absolute atomic E-state index is 11.2. The van der Waals surface area contributed by atoms with Crippen molar-refractivity contribution in [2.24, 2.45) is 5.92 Å². The number of carboxylic acid groups (broad SMARTS) is 1. The molecule has 0 radical (unpaired) electrons. The number of aliphatic hydroxyl groups is 1. The van der Waals surface area contributed by atoms with E-state index in [1.54, 1.807) is 30.3 Å². The van der Waals surface area contributed by atoms with Crippen molar-refractivity contribution in [3.8, 4) is 0 Å². The van der Waals surface area contributed by atoms with Crippen molar-refractivity contribution in [3.05, 3.63) is 35.9 Å². The van der Waals surface area contributed by atoms with E-state index in [9.17, 15) is 15.0 Å². The molecule has 128 valence electrons. The molecule has 1 aliphatic heterocycles. The van der Waals surface area contributed by atoms with Gasteiger partial charge >= 0.3 is 0 Å². The third-order valence-electron chi connectivity index (χ3n) is 5.25. The lowest BCUT2D eigenvalue weighted by atomic mass is 9.80. The lowest BCUT2D eigenvalue weighted by Crippen LogP contribution is -2.50. The Morgan fingerprint density at radius 3 is 2.00 bits per heavy atom. The lowest BCUT2D eigenvalue weighted by molar-refractivity contribution is -0.877. The molecule has 4 nitrogen and oxygen atoms in total. The summed E-state index contributed by atoms with van der Waals surface area (Å²) >= 11 is 0. The molecule has 4 heteroatoms. The van der Waals surface area contributed by atoms with E-state index in [0.29, 0.717) is 5.56 Å². The van der Waals surface area contributed by atoms with Crippen LogP contribution in [0.4, 0.5) is 0 Å². The Kier molecular flexibility index (Phi) is 5.82. The summed E-state index contributed by atoms with van der Waals surface area (Å²) in [6.45, 7) is 2.78. The van der Waals surface area contributed by atoms with Gasteiger partial charge in [-0.2, -0.15) is 0 Å². The van der Waals surface area contributed by atoms with Crippen LogP contribution in [0.3, 0.4) is 0 Å². The summed E-state index contributed by atoms with van der Waals surface area (Å²) in [5, 5.41) is 21.6. The van der Waals surface area contributed by atoms with Crippen LogP contribution in [0, 0.1) is 5.92 Å². The third kappa shape index (κ3) is 4.33. The van der Waals surface area contributed by atoms with E-state index in [1.165, 1.54) is 30.4 Å². The standard InChI is InChI=1S/C13H16O3.C6H14N/c14-12(15)13(16,11-8-4-5-9-11)10-6-2-1-3-7-10;1-7(2)5-3-4-6-7/h1-3,6-7,11,16H,4-5,8-9H2,(H,14,15);3-6H2,1-2H3/q;+1/p-1. The molecule has 23 heavy (non-hydrogen) atoms. The Balaban J connectivity index is 0.000000229. The van der Waals surface area contributed by atoms with E-state index in [0.717, 1.165) is 25.7 Å². The molecule has 1 saturated heterocycles. The Hall–Kier alpha value is -1.39. The molecule has 1 unspecified atom stereocenters. The lowest BCUT2D eigenvalue weighted by Gasteiger charge is -2.35. The molecular formula is C19H29NO3. The summed E-state index contributed by atoms with van der Waals surface area (Å²) in [5.74, 6) is -1.61. The summed E-state index contributed by atoms with van der Waals surface area (Å²) in [4.78, 5) is 11.2. The predicted octanol–water partition coefficient (Wildman–Crippen LogP) is 1.67. The SMILES string of the molecule is C[N+]1(C)CCCC1.O=C([O-])C(O)(c1ccccc1)C1CCCC1. The number of nitrogens with zero attached hydrogens (tertiary/aromatic N) is 1. The molecule has 1 saturated carbocycles. The largest absolute Gasteiger partial charge is 0.547 e. The van der Waals surface area contributed by atoms with Crippen LogP contribution >= 0.6 is 0 Å². The molecule has 1 N–H and O–H groups in total. The monoisotopic (exact) mass is 319 g/mol. The molecule has 1 aromatic rings. The van der Waals surface area contributed by atoms with Crippen molar-refractivity contribution < 1.29 is 19.5 Å². The van der Waals surface area contributed by atoms with Gasteiger partial charge in [-0.05, 0) is 24.3 Å². The van der Waals surface area contributed by atoms with E-state index >= 15 is 0 Å². The topological polar surface area (TPSA) is 60.4 Å². The van der Waals surface area contributed by atoms with Crippen LogP contribution in [0.5, 0.6) is 0 Å². The van der Waals surface area contributed by atoms with Gasteiger partial charge in [-0.15, -0.1) is 0 Å². The van der Waals surface area contributed by atoms with Crippen LogP contribution < -0.4 is 5.11 Å². The molecule has 0 spiro atoms. The van der Waals surface area contributed by atoms with Crippen LogP contribution in [0.15, 0.2) is 30.3 Å². The van der Waals surface area contributed by atoms with Gasteiger partial charge in [0.25, 0.3) is 0 Å². The van der Waals surface area contributed by atoms with Gasteiger partial charge in [0.05, 0.1) is 33.2 Å². The third-order valence-corrected chi connectivity index (χ3v) is 5.25. The van der Waals surface area contributed by atoms with E-state index < -0.39 is 11.6 Å². The molecule has 1 heterocycles. The second-order valence-corrected chi connectivity index (χ2v) is 7.49. The molecule has 1 atom stereocenters. The average molecular weight is 319 g/mol. The molecular weight excluding hydrogens is 290 g/mol. The highest BCUT2D eigenvalue weighted by molar-refractivity contribution is 5.77. The van der Waals surface area contributed by atoms with Gasteiger partial charge in [-0.3, -0.25) is 0 Å². The summed E-state index contributed by atoms with van der Waals surface area (Å²) in [6.07, 6.45) is 6.33. The second kappa shape index (κ2) is 7.45. The van der Waals surface area contributed by atoms with Crippen LogP contribution in [0.1, 0.15) is 44.1 Å². The minimum atomic E-state index is -1.82. The summed E-state index contributed by atoms with van der Waals surface area (Å²) in [5.41, 5.74) is -1.39. The van der Waals surface area contributed by atoms with E-state index in [1.807, 2.05) is 0 Å². The zero-order valence-corrected chi connectivity index (χ0v) is 14.3. The Bertz CT molecular complexity index is 501. The van der Waals surface area contributed by atoms with Crippen molar-refractivity contribution in [1.29, 1.82) is 0 Å². The zero-order chi connectivity index (χ0) is 16.9.